The van der Waals surface area contributed by atoms with E-state index in [0.29, 0.717) is 6.04 Å². The zero-order valence-electron chi connectivity index (χ0n) is 13.1. The lowest BCUT2D eigenvalue weighted by molar-refractivity contribution is 0.525. The minimum atomic E-state index is 0.322. The summed E-state index contributed by atoms with van der Waals surface area (Å²) in [6.45, 7) is 5.39. The Labute approximate surface area is 135 Å². The van der Waals surface area contributed by atoms with Crippen LogP contribution in [0.1, 0.15) is 43.1 Å². The standard InChI is InChI=1S/C17H24BrN3/c1-4-9-19-17(11-13-7-6-8-14(18)10-13)15-12-21(3)20-16(15)5-2/h6-8,10,12,17,19H,4-5,9,11H2,1-3H3. The van der Waals surface area contributed by atoms with E-state index in [1.165, 1.54) is 16.8 Å². The highest BCUT2D eigenvalue weighted by Gasteiger charge is 2.17. The fourth-order valence-electron chi connectivity index (χ4n) is 2.63. The first kappa shape index (κ1) is 16.2. The van der Waals surface area contributed by atoms with Gasteiger partial charge < -0.3 is 5.32 Å². The van der Waals surface area contributed by atoms with Gasteiger partial charge in [0.25, 0.3) is 0 Å². The quantitative estimate of drug-likeness (QED) is 0.817. The lowest BCUT2D eigenvalue weighted by Crippen LogP contribution is -2.24. The van der Waals surface area contributed by atoms with Crippen LogP contribution in [-0.4, -0.2) is 16.3 Å². The highest BCUT2D eigenvalue weighted by molar-refractivity contribution is 9.10. The molecule has 0 aliphatic rings. The van der Waals surface area contributed by atoms with Crippen molar-refractivity contribution in [2.75, 3.05) is 6.54 Å². The van der Waals surface area contributed by atoms with Crippen LogP contribution in [0.25, 0.3) is 0 Å². The van der Waals surface area contributed by atoms with Gasteiger partial charge in [-0.25, -0.2) is 0 Å². The lowest BCUT2D eigenvalue weighted by atomic mass is 9.98. The van der Waals surface area contributed by atoms with Crippen LogP contribution in [0.5, 0.6) is 0 Å². The molecular formula is C17H24BrN3. The predicted molar refractivity (Wildman–Crippen MR) is 91.5 cm³/mol. The molecular weight excluding hydrogens is 326 g/mol. The zero-order valence-corrected chi connectivity index (χ0v) is 14.7. The van der Waals surface area contributed by atoms with Crippen molar-refractivity contribution in [3.05, 3.63) is 51.8 Å². The molecule has 0 saturated heterocycles. The molecule has 1 aromatic carbocycles. The molecule has 1 aromatic heterocycles. The summed E-state index contributed by atoms with van der Waals surface area (Å²) in [5.41, 5.74) is 3.86. The van der Waals surface area contributed by atoms with E-state index in [1.54, 1.807) is 0 Å². The van der Waals surface area contributed by atoms with Gasteiger partial charge in [-0.1, -0.05) is 41.9 Å². The predicted octanol–water partition coefficient (Wildman–Crippen LogP) is 4.03. The van der Waals surface area contributed by atoms with Crippen LogP contribution in [0.2, 0.25) is 0 Å². The summed E-state index contributed by atoms with van der Waals surface area (Å²) in [4.78, 5) is 0. The van der Waals surface area contributed by atoms with Gasteiger partial charge >= 0.3 is 0 Å². The van der Waals surface area contributed by atoms with E-state index >= 15 is 0 Å². The second-order valence-corrected chi connectivity index (χ2v) is 6.31. The first-order chi connectivity index (χ1) is 10.1. The van der Waals surface area contributed by atoms with Crippen molar-refractivity contribution >= 4 is 15.9 Å². The van der Waals surface area contributed by atoms with Crippen molar-refractivity contribution in [3.63, 3.8) is 0 Å². The summed E-state index contributed by atoms with van der Waals surface area (Å²) in [5, 5.41) is 8.26. The summed E-state index contributed by atoms with van der Waals surface area (Å²) in [6, 6.07) is 8.87. The Balaban J connectivity index is 2.25. The summed E-state index contributed by atoms with van der Waals surface area (Å²) in [5.74, 6) is 0. The van der Waals surface area contributed by atoms with Crippen molar-refractivity contribution in [2.45, 2.75) is 39.2 Å². The van der Waals surface area contributed by atoms with Gasteiger partial charge in [0.15, 0.2) is 0 Å². The van der Waals surface area contributed by atoms with Gasteiger partial charge in [-0.2, -0.15) is 5.10 Å². The monoisotopic (exact) mass is 349 g/mol. The van der Waals surface area contributed by atoms with Crippen molar-refractivity contribution in [1.82, 2.24) is 15.1 Å². The molecule has 0 spiro atoms. The largest absolute Gasteiger partial charge is 0.310 e. The Bertz CT molecular complexity index is 577. The highest BCUT2D eigenvalue weighted by Crippen LogP contribution is 2.23. The minimum absolute atomic E-state index is 0.322. The van der Waals surface area contributed by atoms with Crippen LogP contribution in [0.3, 0.4) is 0 Å². The number of nitrogens with one attached hydrogen (secondary N) is 1. The number of hydrogen-bond donors (Lipinski definition) is 1. The molecule has 1 heterocycles. The van der Waals surface area contributed by atoms with Crippen LogP contribution >= 0.6 is 15.9 Å². The molecule has 0 aliphatic carbocycles. The molecule has 0 fully saturated rings. The fraction of sp³-hybridized carbons (Fsp3) is 0.471. The summed E-state index contributed by atoms with van der Waals surface area (Å²) in [6.07, 6.45) is 5.25. The van der Waals surface area contributed by atoms with Gasteiger partial charge in [-0.05, 0) is 43.5 Å². The van der Waals surface area contributed by atoms with Gasteiger partial charge in [-0.15, -0.1) is 0 Å². The van der Waals surface area contributed by atoms with Crippen LogP contribution < -0.4 is 5.32 Å². The molecule has 0 aliphatic heterocycles. The van der Waals surface area contributed by atoms with E-state index in [-0.39, 0.29) is 0 Å². The Morgan fingerprint density at radius 3 is 2.81 bits per heavy atom. The van der Waals surface area contributed by atoms with Crippen molar-refractivity contribution < 1.29 is 0 Å². The molecule has 114 valence electrons. The summed E-state index contributed by atoms with van der Waals surface area (Å²) >= 11 is 3.56. The SMILES string of the molecule is CCCNC(Cc1cccc(Br)c1)c1cn(C)nc1CC. The average Bonchev–Trinajstić information content (AvgIpc) is 2.84. The first-order valence-electron chi connectivity index (χ1n) is 7.64. The molecule has 1 N–H and O–H groups in total. The molecule has 0 saturated carbocycles. The third-order valence-corrected chi connectivity index (χ3v) is 4.11. The lowest BCUT2D eigenvalue weighted by Gasteiger charge is -2.19. The molecule has 0 amide bonds. The molecule has 1 atom stereocenters. The molecule has 0 bridgehead atoms. The maximum absolute atomic E-state index is 4.58. The molecule has 4 heteroatoms. The summed E-state index contributed by atoms with van der Waals surface area (Å²) in [7, 11) is 2.00. The number of nitrogens with zero attached hydrogens (tertiary/aromatic N) is 2. The van der Waals surface area contributed by atoms with Gasteiger partial charge in [0.1, 0.15) is 0 Å². The Hall–Kier alpha value is -1.13. The van der Waals surface area contributed by atoms with E-state index in [2.05, 4.69) is 70.7 Å². The zero-order chi connectivity index (χ0) is 15.2. The van der Waals surface area contributed by atoms with E-state index in [0.717, 1.165) is 30.3 Å². The van der Waals surface area contributed by atoms with Gasteiger partial charge in [0, 0.05) is 29.3 Å². The van der Waals surface area contributed by atoms with Gasteiger partial charge in [0.2, 0.25) is 0 Å². The third-order valence-electron chi connectivity index (χ3n) is 3.62. The van der Waals surface area contributed by atoms with E-state index < -0.39 is 0 Å². The average molecular weight is 350 g/mol. The van der Waals surface area contributed by atoms with Crippen LogP contribution in [0.15, 0.2) is 34.9 Å². The molecule has 2 aromatic rings. The Kier molecular flexibility index (Phi) is 6.00. The van der Waals surface area contributed by atoms with Crippen molar-refractivity contribution in [2.24, 2.45) is 7.05 Å². The molecule has 1 unspecified atom stereocenters. The second-order valence-electron chi connectivity index (χ2n) is 5.40. The molecule has 2 rings (SSSR count). The molecule has 3 nitrogen and oxygen atoms in total. The maximum Gasteiger partial charge on any atom is 0.0669 e. The number of halogens is 1. The minimum Gasteiger partial charge on any atom is -0.310 e. The number of benzene rings is 1. The number of hydrogen-bond acceptors (Lipinski definition) is 2. The van der Waals surface area contributed by atoms with Gasteiger partial charge in [0.05, 0.1) is 5.69 Å². The normalized spacial score (nSPS) is 12.6. The van der Waals surface area contributed by atoms with E-state index in [9.17, 15) is 0 Å². The third kappa shape index (κ3) is 4.42. The molecule has 0 radical (unpaired) electrons. The van der Waals surface area contributed by atoms with Crippen LogP contribution in [0, 0.1) is 0 Å². The second kappa shape index (κ2) is 7.76. The number of aryl methyl sites for hydroxylation is 2. The Morgan fingerprint density at radius 1 is 1.33 bits per heavy atom. The van der Waals surface area contributed by atoms with E-state index in [1.807, 2.05) is 11.7 Å². The van der Waals surface area contributed by atoms with Crippen molar-refractivity contribution in [1.29, 1.82) is 0 Å². The first-order valence-corrected chi connectivity index (χ1v) is 8.43. The highest BCUT2D eigenvalue weighted by atomic mass is 79.9. The van der Waals surface area contributed by atoms with Gasteiger partial charge in [-0.3, -0.25) is 4.68 Å². The topological polar surface area (TPSA) is 29.9 Å². The number of rotatable bonds is 7. The van der Waals surface area contributed by atoms with Crippen LogP contribution in [-0.2, 0) is 19.9 Å². The molecule has 21 heavy (non-hydrogen) atoms. The Morgan fingerprint density at radius 2 is 2.14 bits per heavy atom. The van der Waals surface area contributed by atoms with Crippen molar-refractivity contribution in [3.8, 4) is 0 Å². The number of aromatic nitrogens is 2. The maximum atomic E-state index is 4.58. The fourth-order valence-corrected chi connectivity index (χ4v) is 3.08. The van der Waals surface area contributed by atoms with Crippen LogP contribution in [0.4, 0.5) is 0 Å². The summed E-state index contributed by atoms with van der Waals surface area (Å²) < 4.78 is 3.06. The van der Waals surface area contributed by atoms with E-state index in [4.69, 9.17) is 0 Å². The smallest absolute Gasteiger partial charge is 0.0669 e.